The zero-order valence-electron chi connectivity index (χ0n) is 14.4. The lowest BCUT2D eigenvalue weighted by molar-refractivity contribution is -0.119. The number of carbonyl (C=O) groups excluding carboxylic acids is 2. The lowest BCUT2D eigenvalue weighted by atomic mass is 10.0. The zero-order chi connectivity index (χ0) is 17.9. The highest BCUT2D eigenvalue weighted by Gasteiger charge is 2.08. The van der Waals surface area contributed by atoms with Crippen LogP contribution in [0.4, 0.5) is 0 Å². The molecule has 0 saturated heterocycles. The summed E-state index contributed by atoms with van der Waals surface area (Å²) < 4.78 is 5.79. The first-order chi connectivity index (χ1) is 11.4. The standard InChI is InChI=1S/C18H29N3O3/c1-13-7-8-14(5-3-2-4-6-17(20)22)11-16(13)24-12-15(19)9-10-18(21)23/h7-8,11,15H,2-6,9-10,12,19H2,1H3,(H2,20,22)(H2,21,23). The van der Waals surface area contributed by atoms with E-state index in [2.05, 4.69) is 6.07 Å². The molecule has 6 nitrogen and oxygen atoms in total. The van der Waals surface area contributed by atoms with Crippen LogP contribution in [0, 0.1) is 6.92 Å². The van der Waals surface area contributed by atoms with Gasteiger partial charge in [-0.05, 0) is 49.8 Å². The molecule has 6 heteroatoms. The molecule has 1 aromatic rings. The molecule has 0 fully saturated rings. The molecule has 0 spiro atoms. The minimum atomic E-state index is -0.347. The van der Waals surface area contributed by atoms with Crippen molar-refractivity contribution in [3.63, 3.8) is 0 Å². The van der Waals surface area contributed by atoms with Gasteiger partial charge in [0, 0.05) is 18.9 Å². The van der Waals surface area contributed by atoms with E-state index in [1.807, 2.05) is 19.1 Å². The van der Waals surface area contributed by atoms with Crippen LogP contribution < -0.4 is 21.9 Å². The molecule has 1 atom stereocenters. The molecule has 6 N–H and O–H groups in total. The first-order valence-electron chi connectivity index (χ1n) is 8.43. The number of rotatable bonds is 12. The number of hydrogen-bond acceptors (Lipinski definition) is 4. The maximum Gasteiger partial charge on any atom is 0.217 e. The molecule has 24 heavy (non-hydrogen) atoms. The molecule has 1 aromatic carbocycles. The highest BCUT2D eigenvalue weighted by Crippen LogP contribution is 2.21. The van der Waals surface area contributed by atoms with Crippen molar-refractivity contribution in [2.24, 2.45) is 17.2 Å². The number of hydrogen-bond donors (Lipinski definition) is 3. The fourth-order valence-corrected chi connectivity index (χ4v) is 2.37. The van der Waals surface area contributed by atoms with Crippen LogP contribution in [0.1, 0.15) is 49.7 Å². The molecular formula is C18H29N3O3. The predicted molar refractivity (Wildman–Crippen MR) is 94.4 cm³/mol. The average Bonchev–Trinajstić information content (AvgIpc) is 2.52. The van der Waals surface area contributed by atoms with Gasteiger partial charge in [0.2, 0.25) is 11.8 Å². The van der Waals surface area contributed by atoms with Gasteiger partial charge in [-0.2, -0.15) is 0 Å². The fourth-order valence-electron chi connectivity index (χ4n) is 2.37. The topological polar surface area (TPSA) is 121 Å². The van der Waals surface area contributed by atoms with Crippen molar-refractivity contribution in [2.45, 2.75) is 57.9 Å². The number of unbranched alkanes of at least 4 members (excludes halogenated alkanes) is 2. The summed E-state index contributed by atoms with van der Waals surface area (Å²) in [5.41, 5.74) is 18.4. The van der Waals surface area contributed by atoms with Gasteiger partial charge in [-0.15, -0.1) is 0 Å². The van der Waals surface area contributed by atoms with Crippen LogP contribution in [0.15, 0.2) is 18.2 Å². The molecule has 0 aliphatic heterocycles. The molecular weight excluding hydrogens is 306 g/mol. The van der Waals surface area contributed by atoms with E-state index in [9.17, 15) is 9.59 Å². The van der Waals surface area contributed by atoms with Gasteiger partial charge < -0.3 is 21.9 Å². The van der Waals surface area contributed by atoms with Gasteiger partial charge in [-0.25, -0.2) is 0 Å². The molecule has 2 amide bonds. The van der Waals surface area contributed by atoms with Crippen molar-refractivity contribution in [3.8, 4) is 5.75 Å². The Bertz CT molecular complexity index is 546. The van der Waals surface area contributed by atoms with Gasteiger partial charge in [0.15, 0.2) is 0 Å². The molecule has 0 bridgehead atoms. The minimum absolute atomic E-state index is 0.214. The van der Waals surface area contributed by atoms with E-state index in [0.29, 0.717) is 19.4 Å². The Morgan fingerprint density at radius 2 is 1.79 bits per heavy atom. The summed E-state index contributed by atoms with van der Waals surface area (Å²) in [6.45, 7) is 2.34. The minimum Gasteiger partial charge on any atom is -0.492 e. The van der Waals surface area contributed by atoms with Crippen LogP contribution in [-0.4, -0.2) is 24.5 Å². The first kappa shape index (κ1) is 20.0. The monoisotopic (exact) mass is 335 g/mol. The molecule has 0 aliphatic carbocycles. The van der Waals surface area contributed by atoms with E-state index in [-0.39, 0.29) is 24.3 Å². The van der Waals surface area contributed by atoms with Crippen LogP contribution >= 0.6 is 0 Å². The fraction of sp³-hybridized carbons (Fsp3) is 0.556. The molecule has 0 heterocycles. The molecule has 0 saturated carbocycles. The van der Waals surface area contributed by atoms with Crippen molar-refractivity contribution < 1.29 is 14.3 Å². The zero-order valence-corrected chi connectivity index (χ0v) is 14.4. The summed E-state index contributed by atoms with van der Waals surface area (Å²) in [7, 11) is 0. The Morgan fingerprint density at radius 1 is 1.08 bits per heavy atom. The van der Waals surface area contributed by atoms with Crippen LogP contribution in [0.3, 0.4) is 0 Å². The average molecular weight is 335 g/mol. The third-order valence-corrected chi connectivity index (χ3v) is 3.86. The quantitative estimate of drug-likeness (QED) is 0.502. The maximum atomic E-state index is 10.8. The van der Waals surface area contributed by atoms with E-state index in [1.54, 1.807) is 0 Å². The molecule has 0 radical (unpaired) electrons. The summed E-state index contributed by atoms with van der Waals surface area (Å²) in [4.78, 5) is 21.5. The normalized spacial score (nSPS) is 11.9. The number of primary amides is 2. The van der Waals surface area contributed by atoms with E-state index < -0.39 is 0 Å². The van der Waals surface area contributed by atoms with Crippen molar-refractivity contribution in [1.29, 1.82) is 0 Å². The predicted octanol–water partition coefficient (Wildman–Crippen LogP) is 1.55. The molecule has 0 aromatic heterocycles. The lowest BCUT2D eigenvalue weighted by Gasteiger charge is -2.15. The number of nitrogens with two attached hydrogens (primary N) is 3. The molecule has 0 aliphatic rings. The summed E-state index contributed by atoms with van der Waals surface area (Å²) in [6, 6.07) is 5.94. The first-order valence-corrected chi connectivity index (χ1v) is 8.43. The SMILES string of the molecule is Cc1ccc(CCCCCC(N)=O)cc1OCC(N)CCC(N)=O. The van der Waals surface area contributed by atoms with Gasteiger partial charge >= 0.3 is 0 Å². The van der Waals surface area contributed by atoms with Gasteiger partial charge in [0.1, 0.15) is 12.4 Å². The van der Waals surface area contributed by atoms with Crippen molar-refractivity contribution in [2.75, 3.05) is 6.61 Å². The number of aryl methyl sites for hydroxylation is 2. The second kappa shape index (κ2) is 10.6. The highest BCUT2D eigenvalue weighted by molar-refractivity contribution is 5.73. The number of amides is 2. The highest BCUT2D eigenvalue weighted by atomic mass is 16.5. The third kappa shape index (κ3) is 8.53. The van der Waals surface area contributed by atoms with Gasteiger partial charge in [-0.3, -0.25) is 9.59 Å². The Labute approximate surface area is 143 Å². The Balaban J connectivity index is 2.41. The van der Waals surface area contributed by atoms with Gasteiger partial charge in [0.25, 0.3) is 0 Å². The number of carbonyl (C=O) groups is 2. The molecule has 134 valence electrons. The number of ether oxygens (including phenoxy) is 1. The largest absolute Gasteiger partial charge is 0.492 e. The second-order valence-corrected chi connectivity index (χ2v) is 6.20. The summed E-state index contributed by atoms with van der Waals surface area (Å²) >= 11 is 0. The van der Waals surface area contributed by atoms with Crippen LogP contribution in [0.25, 0.3) is 0 Å². The smallest absolute Gasteiger partial charge is 0.217 e. The van der Waals surface area contributed by atoms with Crippen LogP contribution in [0.5, 0.6) is 5.75 Å². The summed E-state index contributed by atoms with van der Waals surface area (Å²) in [5, 5.41) is 0. The summed E-state index contributed by atoms with van der Waals surface area (Å²) in [5.74, 6) is 0.229. The summed E-state index contributed by atoms with van der Waals surface area (Å²) in [6.07, 6.45) is 5.00. The van der Waals surface area contributed by atoms with E-state index in [4.69, 9.17) is 21.9 Å². The van der Waals surface area contributed by atoms with Crippen molar-refractivity contribution >= 4 is 11.8 Å². The third-order valence-electron chi connectivity index (χ3n) is 3.86. The van der Waals surface area contributed by atoms with Crippen molar-refractivity contribution in [1.82, 2.24) is 0 Å². The van der Waals surface area contributed by atoms with Crippen molar-refractivity contribution in [3.05, 3.63) is 29.3 Å². The number of benzene rings is 1. The Morgan fingerprint density at radius 3 is 2.46 bits per heavy atom. The lowest BCUT2D eigenvalue weighted by Crippen LogP contribution is -2.29. The van der Waals surface area contributed by atoms with Crippen LogP contribution in [0.2, 0.25) is 0 Å². The van der Waals surface area contributed by atoms with Crippen LogP contribution in [-0.2, 0) is 16.0 Å². The van der Waals surface area contributed by atoms with E-state index in [1.165, 1.54) is 5.56 Å². The van der Waals surface area contributed by atoms with E-state index >= 15 is 0 Å². The van der Waals surface area contributed by atoms with E-state index in [0.717, 1.165) is 37.0 Å². The van der Waals surface area contributed by atoms with Gasteiger partial charge in [0.05, 0.1) is 0 Å². The molecule has 1 unspecified atom stereocenters. The van der Waals surface area contributed by atoms with Gasteiger partial charge in [-0.1, -0.05) is 18.6 Å². The maximum absolute atomic E-state index is 10.8. The molecule has 1 rings (SSSR count). The Hall–Kier alpha value is -2.08. The Kier molecular flexibility index (Phi) is 8.86. The second-order valence-electron chi connectivity index (χ2n) is 6.20.